The lowest BCUT2D eigenvalue weighted by molar-refractivity contribution is -0.0694. The van der Waals surface area contributed by atoms with Gasteiger partial charge in [0.1, 0.15) is 29.8 Å². The Bertz CT molecular complexity index is 935. The van der Waals surface area contributed by atoms with E-state index >= 15 is 0 Å². The van der Waals surface area contributed by atoms with Crippen molar-refractivity contribution in [3.8, 4) is 0 Å². The van der Waals surface area contributed by atoms with Crippen LogP contribution in [-0.2, 0) is 13.8 Å². The highest BCUT2D eigenvalue weighted by atomic mass is 31.2. The van der Waals surface area contributed by atoms with Crippen LogP contribution < -0.4 is 5.73 Å². The van der Waals surface area contributed by atoms with Crippen LogP contribution in [-0.4, -0.2) is 93.1 Å². The van der Waals surface area contributed by atoms with E-state index in [-0.39, 0.29) is 0 Å². The number of phosphoric acid groups is 1. The summed E-state index contributed by atoms with van der Waals surface area (Å²) < 4.78 is 21.4. The van der Waals surface area contributed by atoms with Crippen LogP contribution >= 0.6 is 7.82 Å². The molecule has 0 aromatic rings. The van der Waals surface area contributed by atoms with Crippen LogP contribution in [0.3, 0.4) is 0 Å². The first-order valence-electron chi connectivity index (χ1n) is 12.3. The van der Waals surface area contributed by atoms with E-state index in [9.17, 15) is 14.8 Å². The number of rotatable bonds is 4. The standard InChI is InChI=1S/C22H36N5O7P/c23-20-17-15-7-9-22(26-20,13-24-11-15)8-5-3-1-2-4-6-10-27(14-25-17)21-19(29)18(28)16(34-21)12-33-35(30,31)32/h13-14,16,18-19,21,28-29H,1-12H2,(H2,23,26)(H2,30,31,32)/b25-14-. The van der Waals surface area contributed by atoms with Crippen LogP contribution in [0.4, 0.5) is 0 Å². The number of fused-ring (bicyclic) bond motifs is 3. The normalized spacial score (nSPS) is 35.9. The van der Waals surface area contributed by atoms with Gasteiger partial charge in [-0.3, -0.25) is 14.5 Å². The average molecular weight is 514 g/mol. The number of amidine groups is 1. The highest BCUT2D eigenvalue weighted by Crippen LogP contribution is 2.37. The second-order valence-corrected chi connectivity index (χ2v) is 10.9. The first kappa shape index (κ1) is 26.4. The molecule has 6 N–H and O–H groups in total. The first-order valence-corrected chi connectivity index (χ1v) is 13.8. The summed E-state index contributed by atoms with van der Waals surface area (Å²) >= 11 is 0. The molecular weight excluding hydrogens is 477 g/mol. The molecule has 0 aromatic heterocycles. The van der Waals surface area contributed by atoms with Gasteiger partial charge in [-0.1, -0.05) is 32.1 Å². The van der Waals surface area contributed by atoms with E-state index in [1.54, 1.807) is 11.2 Å². The van der Waals surface area contributed by atoms with Crippen molar-refractivity contribution in [2.24, 2.45) is 20.7 Å². The summed E-state index contributed by atoms with van der Waals surface area (Å²) in [5, 5.41) is 21.1. The Morgan fingerprint density at radius 1 is 1.14 bits per heavy atom. The molecule has 0 saturated carbocycles. The van der Waals surface area contributed by atoms with Gasteiger partial charge in [-0.05, 0) is 31.3 Å². The minimum atomic E-state index is -4.75. The monoisotopic (exact) mass is 513 g/mol. The van der Waals surface area contributed by atoms with E-state index in [0.717, 1.165) is 63.4 Å². The molecule has 5 unspecified atom stereocenters. The fourth-order valence-electron chi connectivity index (χ4n) is 5.12. The number of nitrogens with two attached hydrogens (primary N) is 1. The highest BCUT2D eigenvalue weighted by molar-refractivity contribution is 7.46. The smallest absolute Gasteiger partial charge is 0.387 e. The molecule has 4 heterocycles. The third-order valence-corrected chi connectivity index (χ3v) is 7.56. The number of hydrogen-bond acceptors (Lipinski definition) is 10. The highest BCUT2D eigenvalue weighted by Gasteiger charge is 2.46. The Morgan fingerprint density at radius 2 is 1.89 bits per heavy atom. The zero-order valence-corrected chi connectivity index (χ0v) is 20.7. The Kier molecular flexibility index (Phi) is 8.42. The van der Waals surface area contributed by atoms with Gasteiger partial charge >= 0.3 is 7.82 Å². The first-order chi connectivity index (χ1) is 16.7. The van der Waals surface area contributed by atoms with Gasteiger partial charge in [0.15, 0.2) is 6.23 Å². The van der Waals surface area contributed by atoms with Crippen LogP contribution in [0.5, 0.6) is 0 Å². The Morgan fingerprint density at radius 3 is 2.66 bits per heavy atom. The maximum atomic E-state index is 11.1. The van der Waals surface area contributed by atoms with Gasteiger partial charge in [-0.25, -0.2) is 9.56 Å². The third kappa shape index (κ3) is 6.56. The third-order valence-electron chi connectivity index (χ3n) is 7.08. The number of aliphatic hydroxyl groups is 2. The molecule has 0 aliphatic carbocycles. The second-order valence-electron chi connectivity index (χ2n) is 9.71. The van der Waals surface area contributed by atoms with Crippen molar-refractivity contribution in [3.05, 3.63) is 11.3 Å². The molecule has 1 saturated heterocycles. The fraction of sp³-hybridized carbons (Fsp3) is 0.773. The van der Waals surface area contributed by atoms with Crippen molar-refractivity contribution >= 4 is 26.2 Å². The average Bonchev–Trinajstić information content (AvgIpc) is 2.92. The molecule has 0 amide bonds. The lowest BCUT2D eigenvalue weighted by Crippen LogP contribution is -2.44. The Hall–Kier alpha value is -1.66. The molecule has 4 rings (SSSR count). The predicted octanol–water partition coefficient (Wildman–Crippen LogP) is 0.845. The molecule has 1 spiro atoms. The molecule has 4 aliphatic rings. The summed E-state index contributed by atoms with van der Waals surface area (Å²) in [4.78, 5) is 33.8. The lowest BCUT2D eigenvalue weighted by atomic mass is 9.88. The molecule has 196 valence electrons. The molecule has 3 bridgehead atoms. The minimum absolute atomic E-state index is 0.371. The molecule has 12 nitrogen and oxygen atoms in total. The summed E-state index contributed by atoms with van der Waals surface area (Å²) in [5.74, 6) is 0.371. The van der Waals surface area contributed by atoms with Crippen molar-refractivity contribution in [2.45, 2.75) is 87.9 Å². The maximum Gasteiger partial charge on any atom is 0.469 e. The van der Waals surface area contributed by atoms with Crippen LogP contribution in [0.2, 0.25) is 0 Å². The van der Waals surface area contributed by atoms with Gasteiger partial charge in [0.2, 0.25) is 0 Å². The molecule has 0 aromatic carbocycles. The largest absolute Gasteiger partial charge is 0.469 e. The van der Waals surface area contributed by atoms with Gasteiger partial charge in [-0.15, -0.1) is 0 Å². The number of aliphatic imine (C=N–C) groups is 3. The van der Waals surface area contributed by atoms with Crippen molar-refractivity contribution in [2.75, 3.05) is 19.7 Å². The summed E-state index contributed by atoms with van der Waals surface area (Å²) in [6.45, 7) is 0.457. The molecular formula is C22H36N5O7P. The molecule has 5 atom stereocenters. The van der Waals surface area contributed by atoms with E-state index in [1.807, 2.05) is 6.21 Å². The summed E-state index contributed by atoms with van der Waals surface area (Å²) in [7, 11) is -4.75. The van der Waals surface area contributed by atoms with Crippen LogP contribution in [0.25, 0.3) is 0 Å². The van der Waals surface area contributed by atoms with Crippen molar-refractivity contribution in [1.29, 1.82) is 0 Å². The van der Waals surface area contributed by atoms with Gasteiger partial charge in [-0.2, -0.15) is 0 Å². The second kappa shape index (κ2) is 11.2. The van der Waals surface area contributed by atoms with Crippen LogP contribution in [0, 0.1) is 0 Å². The maximum absolute atomic E-state index is 11.1. The van der Waals surface area contributed by atoms with Crippen molar-refractivity contribution in [1.82, 2.24) is 4.90 Å². The van der Waals surface area contributed by atoms with Gasteiger partial charge in [0.05, 0.1) is 25.0 Å². The zero-order valence-electron chi connectivity index (χ0n) is 19.8. The summed E-state index contributed by atoms with van der Waals surface area (Å²) in [6, 6.07) is 0. The molecule has 4 aliphatic heterocycles. The predicted molar refractivity (Wildman–Crippen MR) is 130 cm³/mol. The zero-order chi connectivity index (χ0) is 25.1. The fourth-order valence-corrected chi connectivity index (χ4v) is 5.46. The van der Waals surface area contributed by atoms with Crippen LogP contribution in [0.15, 0.2) is 26.2 Å². The van der Waals surface area contributed by atoms with E-state index in [2.05, 4.69) is 14.5 Å². The lowest BCUT2D eigenvalue weighted by Gasteiger charge is -2.28. The number of hydrogen-bond donors (Lipinski definition) is 5. The van der Waals surface area contributed by atoms with E-state index in [1.165, 1.54) is 0 Å². The van der Waals surface area contributed by atoms with Crippen molar-refractivity contribution < 1.29 is 33.8 Å². The van der Waals surface area contributed by atoms with Gasteiger partial charge in [0.25, 0.3) is 0 Å². The van der Waals surface area contributed by atoms with E-state index in [4.69, 9.17) is 25.2 Å². The summed E-state index contributed by atoms with van der Waals surface area (Å²) in [6.07, 6.45) is 7.44. The van der Waals surface area contributed by atoms with Gasteiger partial charge in [0, 0.05) is 12.8 Å². The molecule has 35 heavy (non-hydrogen) atoms. The molecule has 13 heteroatoms. The van der Waals surface area contributed by atoms with Crippen molar-refractivity contribution in [3.63, 3.8) is 0 Å². The van der Waals surface area contributed by atoms with Gasteiger partial charge < -0.3 is 35.4 Å². The Balaban J connectivity index is 1.59. The number of phosphoric ester groups is 1. The van der Waals surface area contributed by atoms with Crippen LogP contribution in [0.1, 0.15) is 57.8 Å². The SMILES string of the molecule is NC1=NC23C=NCC(=C1/N=C\N(C1OC(COP(=O)(O)O)C(O)C1O)CCCCCCCC2)CC3. The molecule has 0 radical (unpaired) electrons. The quantitative estimate of drug-likeness (QED) is 0.340. The summed E-state index contributed by atoms with van der Waals surface area (Å²) in [5.41, 5.74) is 7.61. The Labute approximate surface area is 204 Å². The minimum Gasteiger partial charge on any atom is -0.387 e. The topological polar surface area (TPSA) is 183 Å². The number of aliphatic hydroxyl groups excluding tert-OH is 2. The van der Waals surface area contributed by atoms with E-state index in [0.29, 0.717) is 24.6 Å². The van der Waals surface area contributed by atoms with E-state index < -0.39 is 44.5 Å². The molecule has 1 fully saturated rings. The number of ether oxygens (including phenoxy) is 1. The number of nitrogens with zero attached hydrogens (tertiary/aromatic N) is 4.